The number of carbonyl (C=O) groups excluding carboxylic acids is 1. The molecule has 1 N–H and O–H groups in total. The minimum atomic E-state index is 0.178. The van der Waals surface area contributed by atoms with Gasteiger partial charge in [0.25, 0.3) is 0 Å². The van der Waals surface area contributed by atoms with Crippen LogP contribution in [0.4, 0.5) is 0 Å². The lowest BCUT2D eigenvalue weighted by molar-refractivity contribution is -0.129. The molecule has 88 valence electrons. The van der Waals surface area contributed by atoms with Crippen LogP contribution in [-0.2, 0) is 11.3 Å². The van der Waals surface area contributed by atoms with Gasteiger partial charge >= 0.3 is 0 Å². The summed E-state index contributed by atoms with van der Waals surface area (Å²) in [6.07, 6.45) is 2.27. The molecule has 1 saturated heterocycles. The van der Waals surface area contributed by atoms with E-state index in [1.54, 1.807) is 0 Å². The first-order valence-corrected chi connectivity index (χ1v) is 5.66. The zero-order valence-electron chi connectivity index (χ0n) is 9.53. The summed E-state index contributed by atoms with van der Waals surface area (Å²) in [6, 6.07) is 1.87. The number of nitrogens with one attached hydrogen (secondary N) is 1. The van der Waals surface area contributed by atoms with Crippen LogP contribution in [0, 0.1) is 6.92 Å². The molecule has 16 heavy (non-hydrogen) atoms. The second-order valence-electron chi connectivity index (χ2n) is 4.12. The number of hydrogen-bond donors (Lipinski definition) is 1. The fourth-order valence-electron chi connectivity index (χ4n) is 1.88. The van der Waals surface area contributed by atoms with E-state index in [1.165, 1.54) is 0 Å². The van der Waals surface area contributed by atoms with Crippen LogP contribution in [0.2, 0.25) is 0 Å². The van der Waals surface area contributed by atoms with Crippen molar-refractivity contribution in [3.05, 3.63) is 17.5 Å². The van der Waals surface area contributed by atoms with Gasteiger partial charge in [-0.2, -0.15) is 0 Å². The van der Waals surface area contributed by atoms with Gasteiger partial charge < -0.3 is 14.7 Å². The van der Waals surface area contributed by atoms with Crippen molar-refractivity contribution in [2.24, 2.45) is 0 Å². The second kappa shape index (κ2) is 5.12. The van der Waals surface area contributed by atoms with Crippen molar-refractivity contribution in [2.45, 2.75) is 26.3 Å². The number of aromatic nitrogens is 1. The van der Waals surface area contributed by atoms with Crippen molar-refractivity contribution in [3.63, 3.8) is 0 Å². The van der Waals surface area contributed by atoms with E-state index >= 15 is 0 Å². The molecule has 1 aromatic rings. The summed E-state index contributed by atoms with van der Waals surface area (Å²) in [5.41, 5.74) is 0.840. The van der Waals surface area contributed by atoms with Crippen LogP contribution in [0.15, 0.2) is 10.6 Å². The zero-order valence-corrected chi connectivity index (χ0v) is 9.53. The standard InChI is InChI=1S/C11H17N3O2/c1-9-6-10(13-16-9)7-12-8-11(15)14-4-2-3-5-14/h6,12H,2-5,7-8H2,1H3. The summed E-state index contributed by atoms with van der Waals surface area (Å²) in [4.78, 5) is 13.6. The third-order valence-corrected chi connectivity index (χ3v) is 2.72. The summed E-state index contributed by atoms with van der Waals surface area (Å²) in [5.74, 6) is 0.973. The molecule has 0 saturated carbocycles. The van der Waals surface area contributed by atoms with Crippen LogP contribution in [0.5, 0.6) is 0 Å². The van der Waals surface area contributed by atoms with E-state index in [4.69, 9.17) is 4.52 Å². The highest BCUT2D eigenvalue weighted by Gasteiger charge is 2.16. The topological polar surface area (TPSA) is 58.4 Å². The molecule has 1 aliphatic heterocycles. The maximum absolute atomic E-state index is 11.7. The van der Waals surface area contributed by atoms with Crippen molar-refractivity contribution < 1.29 is 9.32 Å². The average molecular weight is 223 g/mol. The van der Waals surface area contributed by atoms with Gasteiger partial charge in [0.2, 0.25) is 5.91 Å². The molecule has 2 heterocycles. The Morgan fingerprint density at radius 3 is 2.94 bits per heavy atom. The van der Waals surface area contributed by atoms with Gasteiger partial charge in [0, 0.05) is 25.7 Å². The van der Waals surface area contributed by atoms with Gasteiger partial charge in [0.15, 0.2) is 0 Å². The molecule has 2 rings (SSSR count). The Kier molecular flexibility index (Phi) is 3.56. The zero-order chi connectivity index (χ0) is 11.4. The molecular weight excluding hydrogens is 206 g/mol. The Bertz CT molecular complexity index is 356. The molecular formula is C11H17N3O2. The summed E-state index contributed by atoms with van der Waals surface area (Å²) >= 11 is 0. The Labute approximate surface area is 94.8 Å². The van der Waals surface area contributed by atoms with Gasteiger partial charge in [0.05, 0.1) is 12.2 Å². The monoisotopic (exact) mass is 223 g/mol. The van der Waals surface area contributed by atoms with Gasteiger partial charge in [-0.1, -0.05) is 5.16 Å². The lowest BCUT2D eigenvalue weighted by atomic mass is 10.4. The quantitative estimate of drug-likeness (QED) is 0.816. The smallest absolute Gasteiger partial charge is 0.236 e. The van der Waals surface area contributed by atoms with Crippen LogP contribution in [0.1, 0.15) is 24.3 Å². The molecule has 1 fully saturated rings. The normalized spacial score (nSPS) is 15.7. The Morgan fingerprint density at radius 1 is 1.56 bits per heavy atom. The molecule has 0 spiro atoms. The second-order valence-corrected chi connectivity index (χ2v) is 4.12. The van der Waals surface area contributed by atoms with E-state index < -0.39 is 0 Å². The molecule has 0 aromatic carbocycles. The van der Waals surface area contributed by atoms with E-state index in [9.17, 15) is 4.79 Å². The Morgan fingerprint density at radius 2 is 2.31 bits per heavy atom. The summed E-state index contributed by atoms with van der Waals surface area (Å²) < 4.78 is 4.94. The van der Waals surface area contributed by atoms with Crippen molar-refractivity contribution >= 4 is 5.91 Å². The number of carbonyl (C=O) groups is 1. The van der Waals surface area contributed by atoms with Crippen molar-refractivity contribution in [1.29, 1.82) is 0 Å². The highest BCUT2D eigenvalue weighted by Crippen LogP contribution is 2.07. The average Bonchev–Trinajstić information content (AvgIpc) is 2.89. The lowest BCUT2D eigenvalue weighted by Gasteiger charge is -2.14. The first-order chi connectivity index (χ1) is 7.75. The molecule has 0 aliphatic carbocycles. The molecule has 1 aliphatic rings. The fraction of sp³-hybridized carbons (Fsp3) is 0.636. The van der Waals surface area contributed by atoms with Crippen LogP contribution < -0.4 is 5.32 Å². The van der Waals surface area contributed by atoms with Crippen LogP contribution in [-0.4, -0.2) is 35.6 Å². The summed E-state index contributed by atoms with van der Waals surface area (Å²) in [5, 5.41) is 6.93. The molecule has 0 bridgehead atoms. The minimum Gasteiger partial charge on any atom is -0.361 e. The molecule has 1 aromatic heterocycles. The van der Waals surface area contributed by atoms with Gasteiger partial charge in [-0.05, 0) is 19.8 Å². The third kappa shape index (κ3) is 2.82. The Balaban J connectivity index is 1.69. The molecule has 0 atom stereocenters. The lowest BCUT2D eigenvalue weighted by Crippen LogP contribution is -2.36. The van der Waals surface area contributed by atoms with Gasteiger partial charge in [-0.15, -0.1) is 0 Å². The van der Waals surface area contributed by atoms with Crippen LogP contribution in [0.3, 0.4) is 0 Å². The van der Waals surface area contributed by atoms with Crippen molar-refractivity contribution in [1.82, 2.24) is 15.4 Å². The van der Waals surface area contributed by atoms with Gasteiger partial charge in [0.1, 0.15) is 5.76 Å². The number of nitrogens with zero attached hydrogens (tertiary/aromatic N) is 2. The van der Waals surface area contributed by atoms with E-state index in [1.807, 2.05) is 17.9 Å². The first-order valence-electron chi connectivity index (χ1n) is 5.66. The van der Waals surface area contributed by atoms with Crippen molar-refractivity contribution in [2.75, 3.05) is 19.6 Å². The predicted molar refractivity (Wildman–Crippen MR) is 58.8 cm³/mol. The number of rotatable bonds is 4. The van der Waals surface area contributed by atoms with E-state index in [2.05, 4.69) is 10.5 Å². The number of hydrogen-bond acceptors (Lipinski definition) is 4. The highest BCUT2D eigenvalue weighted by molar-refractivity contribution is 5.78. The predicted octanol–water partition coefficient (Wildman–Crippen LogP) is 0.695. The van der Waals surface area contributed by atoms with Crippen molar-refractivity contribution in [3.8, 4) is 0 Å². The number of amides is 1. The SMILES string of the molecule is Cc1cc(CNCC(=O)N2CCCC2)no1. The van der Waals surface area contributed by atoms with Crippen LogP contribution in [0.25, 0.3) is 0 Å². The summed E-state index contributed by atoms with van der Waals surface area (Å²) in [7, 11) is 0. The molecule has 5 nitrogen and oxygen atoms in total. The van der Waals surface area contributed by atoms with Gasteiger partial charge in [-0.25, -0.2) is 0 Å². The van der Waals surface area contributed by atoms with Gasteiger partial charge in [-0.3, -0.25) is 4.79 Å². The van der Waals surface area contributed by atoms with Crippen LogP contribution >= 0.6 is 0 Å². The number of likely N-dealkylation sites (tertiary alicyclic amines) is 1. The van der Waals surface area contributed by atoms with E-state index in [-0.39, 0.29) is 5.91 Å². The van der Waals surface area contributed by atoms with E-state index in [0.29, 0.717) is 13.1 Å². The molecule has 1 amide bonds. The minimum absolute atomic E-state index is 0.178. The summed E-state index contributed by atoms with van der Waals surface area (Å²) in [6.45, 7) is 4.63. The Hall–Kier alpha value is -1.36. The largest absolute Gasteiger partial charge is 0.361 e. The molecule has 0 radical (unpaired) electrons. The first kappa shape index (κ1) is 11.1. The van der Waals surface area contributed by atoms with E-state index in [0.717, 1.165) is 37.4 Å². The third-order valence-electron chi connectivity index (χ3n) is 2.72. The maximum Gasteiger partial charge on any atom is 0.236 e. The molecule has 5 heteroatoms. The fourth-order valence-corrected chi connectivity index (χ4v) is 1.88. The highest BCUT2D eigenvalue weighted by atomic mass is 16.5. The maximum atomic E-state index is 11.7. The number of aryl methyl sites for hydroxylation is 1. The molecule has 0 unspecified atom stereocenters.